The Hall–Kier alpha value is -1.40. The van der Waals surface area contributed by atoms with E-state index in [1.807, 2.05) is 45.9 Å². The number of halogens is 1. The predicted molar refractivity (Wildman–Crippen MR) is 87.9 cm³/mol. The molecule has 5 nitrogen and oxygen atoms in total. The third kappa shape index (κ3) is 5.47. The summed E-state index contributed by atoms with van der Waals surface area (Å²) in [5.41, 5.74) is 7.14. The van der Waals surface area contributed by atoms with E-state index >= 15 is 0 Å². The van der Waals surface area contributed by atoms with Crippen LogP contribution in [-0.4, -0.2) is 24.4 Å². The van der Waals surface area contributed by atoms with Gasteiger partial charge in [0.1, 0.15) is 0 Å². The second-order valence-corrected chi connectivity index (χ2v) is 6.98. The lowest BCUT2D eigenvalue weighted by molar-refractivity contribution is -0.126. The Kier molecular flexibility index (Phi) is 5.92. The van der Waals surface area contributed by atoms with Crippen molar-refractivity contribution in [3.63, 3.8) is 0 Å². The van der Waals surface area contributed by atoms with Gasteiger partial charge < -0.3 is 16.4 Å². The van der Waals surface area contributed by atoms with Crippen LogP contribution in [0.5, 0.6) is 0 Å². The molecule has 1 aromatic carbocycles. The normalized spacial score (nSPS) is 12.7. The van der Waals surface area contributed by atoms with Crippen LogP contribution in [0.25, 0.3) is 0 Å². The molecule has 2 amide bonds. The molecule has 1 rings (SSSR count). The van der Waals surface area contributed by atoms with Gasteiger partial charge in [0.2, 0.25) is 11.8 Å². The van der Waals surface area contributed by atoms with Crippen LogP contribution in [0, 0.1) is 12.3 Å². The first-order valence-electron chi connectivity index (χ1n) is 6.70. The second-order valence-electron chi connectivity index (χ2n) is 6.07. The van der Waals surface area contributed by atoms with Gasteiger partial charge in [-0.05, 0) is 30.0 Å². The van der Waals surface area contributed by atoms with Crippen molar-refractivity contribution in [3.8, 4) is 0 Å². The number of carbonyl (C=O) groups excluding carboxylic acids is 2. The lowest BCUT2D eigenvalue weighted by Gasteiger charge is -2.25. The van der Waals surface area contributed by atoms with Gasteiger partial charge in [0.05, 0.1) is 12.6 Å². The van der Waals surface area contributed by atoms with Crippen LogP contribution < -0.4 is 16.4 Å². The van der Waals surface area contributed by atoms with Gasteiger partial charge in [0.25, 0.3) is 0 Å². The molecule has 0 aliphatic heterocycles. The van der Waals surface area contributed by atoms with Gasteiger partial charge in [-0.15, -0.1) is 0 Å². The minimum absolute atomic E-state index is 0.103. The Bertz CT molecular complexity index is 538. The molecule has 0 unspecified atom stereocenters. The summed E-state index contributed by atoms with van der Waals surface area (Å²) in [6, 6.07) is 4.96. The van der Waals surface area contributed by atoms with Crippen molar-refractivity contribution < 1.29 is 9.59 Å². The SMILES string of the molecule is Cc1ccc(Br)cc1NC(=O)CNC(=O)[C@@H](N)C(C)(C)C. The fraction of sp³-hybridized carbons (Fsp3) is 0.467. The van der Waals surface area contributed by atoms with E-state index in [2.05, 4.69) is 26.6 Å². The molecule has 0 heterocycles. The monoisotopic (exact) mass is 355 g/mol. The number of aryl methyl sites for hydroxylation is 1. The maximum Gasteiger partial charge on any atom is 0.243 e. The number of amides is 2. The van der Waals surface area contributed by atoms with Crippen LogP contribution in [0.3, 0.4) is 0 Å². The van der Waals surface area contributed by atoms with Crippen LogP contribution in [0.1, 0.15) is 26.3 Å². The van der Waals surface area contributed by atoms with E-state index in [1.165, 1.54) is 0 Å². The Morgan fingerprint density at radius 1 is 1.33 bits per heavy atom. The van der Waals surface area contributed by atoms with Gasteiger partial charge in [0, 0.05) is 10.2 Å². The van der Waals surface area contributed by atoms with E-state index in [0.717, 1.165) is 10.0 Å². The van der Waals surface area contributed by atoms with Gasteiger partial charge >= 0.3 is 0 Å². The summed E-state index contributed by atoms with van der Waals surface area (Å²) in [6.07, 6.45) is 0. The summed E-state index contributed by atoms with van der Waals surface area (Å²) in [6.45, 7) is 7.43. The zero-order chi connectivity index (χ0) is 16.2. The molecule has 0 aliphatic rings. The van der Waals surface area contributed by atoms with Gasteiger partial charge in [-0.3, -0.25) is 9.59 Å². The minimum atomic E-state index is -0.655. The first kappa shape index (κ1) is 17.7. The molecule has 0 saturated heterocycles. The molecule has 0 aromatic heterocycles. The highest BCUT2D eigenvalue weighted by Crippen LogP contribution is 2.20. The number of rotatable bonds is 4. The topological polar surface area (TPSA) is 84.2 Å². The molecular formula is C15H22BrN3O2. The fourth-order valence-corrected chi connectivity index (χ4v) is 1.96. The van der Waals surface area contributed by atoms with Crippen molar-refractivity contribution in [2.24, 2.45) is 11.1 Å². The first-order chi connectivity index (χ1) is 9.61. The van der Waals surface area contributed by atoms with E-state index in [-0.39, 0.29) is 23.8 Å². The Labute approximate surface area is 133 Å². The van der Waals surface area contributed by atoms with E-state index in [1.54, 1.807) is 0 Å². The number of hydrogen-bond acceptors (Lipinski definition) is 3. The van der Waals surface area contributed by atoms with Crippen molar-refractivity contribution in [1.29, 1.82) is 0 Å². The molecular weight excluding hydrogens is 334 g/mol. The average Bonchev–Trinajstić information content (AvgIpc) is 2.38. The zero-order valence-corrected chi connectivity index (χ0v) is 14.4. The molecule has 1 atom stereocenters. The maximum atomic E-state index is 11.9. The highest BCUT2D eigenvalue weighted by Gasteiger charge is 2.27. The predicted octanol–water partition coefficient (Wildman–Crippen LogP) is 2.19. The standard InChI is InChI=1S/C15H22BrN3O2/c1-9-5-6-10(16)7-11(9)19-12(20)8-18-14(21)13(17)15(2,3)4/h5-7,13H,8,17H2,1-4H3,(H,18,21)(H,19,20)/t13-/m1/s1. The third-order valence-electron chi connectivity index (χ3n) is 3.11. The number of anilines is 1. The molecule has 0 aliphatic carbocycles. The highest BCUT2D eigenvalue weighted by molar-refractivity contribution is 9.10. The summed E-state index contributed by atoms with van der Waals surface area (Å²) in [5.74, 6) is -0.616. The number of nitrogens with one attached hydrogen (secondary N) is 2. The van der Waals surface area contributed by atoms with Crippen LogP contribution in [-0.2, 0) is 9.59 Å². The van der Waals surface area contributed by atoms with Crippen LogP contribution in [0.15, 0.2) is 22.7 Å². The molecule has 0 fully saturated rings. The quantitative estimate of drug-likeness (QED) is 0.773. The average molecular weight is 356 g/mol. The largest absolute Gasteiger partial charge is 0.346 e. The smallest absolute Gasteiger partial charge is 0.243 e. The molecule has 0 saturated carbocycles. The Morgan fingerprint density at radius 3 is 2.52 bits per heavy atom. The lowest BCUT2D eigenvalue weighted by Crippen LogP contribution is -2.50. The third-order valence-corrected chi connectivity index (χ3v) is 3.61. The van der Waals surface area contributed by atoms with Crippen molar-refractivity contribution in [2.45, 2.75) is 33.7 Å². The minimum Gasteiger partial charge on any atom is -0.346 e. The molecule has 116 valence electrons. The molecule has 0 radical (unpaired) electrons. The van der Waals surface area contributed by atoms with Crippen LogP contribution >= 0.6 is 15.9 Å². The summed E-state index contributed by atoms with van der Waals surface area (Å²) in [7, 11) is 0. The van der Waals surface area contributed by atoms with E-state index in [0.29, 0.717) is 5.69 Å². The van der Waals surface area contributed by atoms with Gasteiger partial charge in [-0.25, -0.2) is 0 Å². The number of benzene rings is 1. The molecule has 1 aromatic rings. The summed E-state index contributed by atoms with van der Waals surface area (Å²) < 4.78 is 0.877. The van der Waals surface area contributed by atoms with E-state index in [4.69, 9.17) is 5.73 Å². The highest BCUT2D eigenvalue weighted by atomic mass is 79.9. The van der Waals surface area contributed by atoms with Gasteiger partial charge in [-0.1, -0.05) is 42.8 Å². The van der Waals surface area contributed by atoms with Crippen LogP contribution in [0.2, 0.25) is 0 Å². The zero-order valence-electron chi connectivity index (χ0n) is 12.8. The van der Waals surface area contributed by atoms with Gasteiger partial charge in [-0.2, -0.15) is 0 Å². The van der Waals surface area contributed by atoms with Crippen molar-refractivity contribution in [2.75, 3.05) is 11.9 Å². The van der Waals surface area contributed by atoms with Crippen LogP contribution in [0.4, 0.5) is 5.69 Å². The number of hydrogen-bond donors (Lipinski definition) is 3. The fourth-order valence-electron chi connectivity index (χ4n) is 1.59. The van der Waals surface area contributed by atoms with Gasteiger partial charge in [0.15, 0.2) is 0 Å². The summed E-state index contributed by atoms with van der Waals surface area (Å²) >= 11 is 3.35. The summed E-state index contributed by atoms with van der Waals surface area (Å²) in [5, 5.41) is 5.31. The number of carbonyl (C=O) groups is 2. The molecule has 21 heavy (non-hydrogen) atoms. The van der Waals surface area contributed by atoms with E-state index < -0.39 is 6.04 Å². The molecule has 6 heteroatoms. The maximum absolute atomic E-state index is 11.9. The lowest BCUT2D eigenvalue weighted by atomic mass is 9.87. The van der Waals surface area contributed by atoms with E-state index in [9.17, 15) is 9.59 Å². The molecule has 4 N–H and O–H groups in total. The first-order valence-corrected chi connectivity index (χ1v) is 7.50. The molecule has 0 spiro atoms. The Balaban J connectivity index is 2.55. The second kappa shape index (κ2) is 7.04. The van der Waals surface area contributed by atoms with Crippen molar-refractivity contribution >= 4 is 33.4 Å². The Morgan fingerprint density at radius 2 is 1.95 bits per heavy atom. The van der Waals surface area contributed by atoms with Crippen molar-refractivity contribution in [3.05, 3.63) is 28.2 Å². The van der Waals surface area contributed by atoms with Crippen molar-refractivity contribution in [1.82, 2.24) is 5.32 Å². The molecule has 0 bridgehead atoms. The number of nitrogens with two attached hydrogens (primary N) is 1. The summed E-state index contributed by atoms with van der Waals surface area (Å²) in [4.78, 5) is 23.7.